The normalized spacial score (nSPS) is 12.2. The van der Waals surface area contributed by atoms with E-state index in [1.807, 2.05) is 12.1 Å². The zero-order chi connectivity index (χ0) is 31.9. The summed E-state index contributed by atoms with van der Waals surface area (Å²) < 4.78 is 15.6. The van der Waals surface area contributed by atoms with Gasteiger partial charge < -0.3 is 24.4 Å². The van der Waals surface area contributed by atoms with Crippen molar-refractivity contribution in [3.63, 3.8) is 0 Å². The van der Waals surface area contributed by atoms with Crippen LogP contribution in [-0.4, -0.2) is 49.2 Å². The van der Waals surface area contributed by atoms with E-state index in [-0.39, 0.29) is 24.9 Å². The van der Waals surface area contributed by atoms with E-state index in [2.05, 4.69) is 6.92 Å². The monoisotopic (exact) mass is 618 g/mol. The minimum absolute atomic E-state index is 0.0474. The molecule has 0 fully saturated rings. The van der Waals surface area contributed by atoms with Gasteiger partial charge in [-0.2, -0.15) is 0 Å². The van der Waals surface area contributed by atoms with Crippen LogP contribution in [0.25, 0.3) is 6.08 Å². The molecule has 0 amide bonds. The molecule has 0 saturated carbocycles. The van der Waals surface area contributed by atoms with Gasteiger partial charge in [0, 0.05) is 6.42 Å². The van der Waals surface area contributed by atoms with Gasteiger partial charge in [0.1, 0.15) is 12.7 Å². The Bertz CT molecular complexity index is 824. The van der Waals surface area contributed by atoms with Crippen molar-refractivity contribution in [2.24, 2.45) is 0 Å². The zero-order valence-corrected chi connectivity index (χ0v) is 28.4. The third-order valence-corrected chi connectivity index (χ3v) is 8.21. The topological polar surface area (TPSA) is 85.2 Å². The summed E-state index contributed by atoms with van der Waals surface area (Å²) in [4.78, 5) is 11.9. The van der Waals surface area contributed by atoms with E-state index in [4.69, 9.17) is 14.2 Å². The average molecular weight is 619 g/mol. The lowest BCUT2D eigenvalue weighted by atomic mass is 10.0. The summed E-state index contributed by atoms with van der Waals surface area (Å²) in [5.41, 5.74) is 0.816. The summed E-state index contributed by atoms with van der Waals surface area (Å²) in [6.45, 7) is 2.63. The van der Waals surface area contributed by atoms with Gasteiger partial charge >= 0.3 is 5.97 Å². The number of phenols is 1. The van der Waals surface area contributed by atoms with Gasteiger partial charge in [0.15, 0.2) is 11.5 Å². The number of esters is 1. The predicted molar refractivity (Wildman–Crippen MR) is 183 cm³/mol. The van der Waals surface area contributed by atoms with Gasteiger partial charge in [0.25, 0.3) is 0 Å². The Morgan fingerprint density at radius 2 is 1.20 bits per heavy atom. The predicted octanol–water partition coefficient (Wildman–Crippen LogP) is 10.3. The number of hydrogen-bond donors (Lipinski definition) is 2. The summed E-state index contributed by atoms with van der Waals surface area (Å²) in [6.07, 6.45) is 32.8. The molecule has 0 bridgehead atoms. The second-order valence-electron chi connectivity index (χ2n) is 12.4. The maximum Gasteiger partial charge on any atom is 0.305 e. The highest BCUT2D eigenvalue weighted by Crippen LogP contribution is 2.26. The van der Waals surface area contributed by atoms with Gasteiger partial charge in [-0.05, 0) is 24.1 Å². The number of phenolic OH excluding ortho intramolecular Hbond substituents is 1. The molecule has 2 N–H and O–H groups in total. The van der Waals surface area contributed by atoms with Gasteiger partial charge in [-0.15, -0.1) is 0 Å². The molecule has 0 heterocycles. The van der Waals surface area contributed by atoms with Crippen molar-refractivity contribution in [1.29, 1.82) is 0 Å². The Balaban J connectivity index is 1.80. The van der Waals surface area contributed by atoms with Crippen LogP contribution >= 0.6 is 0 Å². The van der Waals surface area contributed by atoms with Crippen LogP contribution in [0.4, 0.5) is 0 Å². The molecular formula is C38H66O6. The van der Waals surface area contributed by atoms with E-state index in [1.54, 1.807) is 18.2 Å². The van der Waals surface area contributed by atoms with Crippen LogP contribution in [-0.2, 0) is 14.3 Å². The minimum atomic E-state index is -0.845. The minimum Gasteiger partial charge on any atom is -0.504 e. The molecule has 0 saturated heterocycles. The van der Waals surface area contributed by atoms with Crippen molar-refractivity contribution in [2.75, 3.05) is 26.9 Å². The first-order valence-electron chi connectivity index (χ1n) is 18.0. The number of aliphatic hydroxyl groups is 1. The van der Waals surface area contributed by atoms with Crippen molar-refractivity contribution >= 4 is 12.0 Å². The number of aliphatic hydroxyl groups excluding tert-OH is 1. The van der Waals surface area contributed by atoms with E-state index >= 15 is 0 Å². The van der Waals surface area contributed by atoms with E-state index in [0.29, 0.717) is 18.8 Å². The highest BCUT2D eigenvalue weighted by atomic mass is 16.5. The van der Waals surface area contributed by atoms with Gasteiger partial charge in [-0.1, -0.05) is 160 Å². The molecule has 1 unspecified atom stereocenters. The fraction of sp³-hybridized carbons (Fsp3) is 0.763. The standard InChI is InChI=1S/C38H66O6/c1-3-4-5-6-7-8-9-10-11-12-13-14-15-16-17-18-19-20-21-22-23-24-27-38(41)44-33-35(39)32-43-30-25-26-34-28-29-37(42-2)36(40)31-34/h25-26,28-29,31,35,39-40H,3-24,27,30,32-33H2,1-2H3/b26-25+. The number of rotatable bonds is 31. The summed E-state index contributed by atoms with van der Waals surface area (Å²) >= 11 is 0. The van der Waals surface area contributed by atoms with Crippen molar-refractivity contribution in [1.82, 2.24) is 0 Å². The molecule has 0 radical (unpaired) electrons. The lowest BCUT2D eigenvalue weighted by Gasteiger charge is -2.11. The SMILES string of the molecule is CCCCCCCCCCCCCCCCCCCCCCCCC(=O)OCC(O)COC/C=C/c1ccc(OC)c(O)c1. The number of aromatic hydroxyl groups is 1. The van der Waals surface area contributed by atoms with Crippen molar-refractivity contribution in [2.45, 2.75) is 161 Å². The third-order valence-electron chi connectivity index (χ3n) is 8.21. The lowest BCUT2D eigenvalue weighted by molar-refractivity contribution is -0.147. The van der Waals surface area contributed by atoms with Crippen LogP contribution in [0.1, 0.15) is 160 Å². The van der Waals surface area contributed by atoms with Crippen LogP contribution in [0.15, 0.2) is 24.3 Å². The molecule has 0 aliphatic heterocycles. The smallest absolute Gasteiger partial charge is 0.305 e. The maximum absolute atomic E-state index is 11.9. The highest BCUT2D eigenvalue weighted by molar-refractivity contribution is 5.69. The number of benzene rings is 1. The Morgan fingerprint density at radius 1 is 0.727 bits per heavy atom. The fourth-order valence-corrected chi connectivity index (χ4v) is 5.45. The molecule has 1 aromatic rings. The summed E-state index contributed by atoms with van der Waals surface area (Å²) in [5.74, 6) is 0.247. The Morgan fingerprint density at radius 3 is 1.66 bits per heavy atom. The first-order valence-corrected chi connectivity index (χ1v) is 18.0. The second kappa shape index (κ2) is 29.6. The summed E-state index contributed by atoms with van der Waals surface area (Å²) in [7, 11) is 1.50. The molecular weight excluding hydrogens is 552 g/mol. The third kappa shape index (κ3) is 24.3. The van der Waals surface area contributed by atoms with Crippen LogP contribution in [0.3, 0.4) is 0 Å². The molecule has 6 nitrogen and oxygen atoms in total. The van der Waals surface area contributed by atoms with Gasteiger partial charge in [-0.3, -0.25) is 4.79 Å². The molecule has 1 atom stereocenters. The Kier molecular flexibility index (Phi) is 26.9. The lowest BCUT2D eigenvalue weighted by Crippen LogP contribution is -2.23. The van der Waals surface area contributed by atoms with Crippen LogP contribution in [0.2, 0.25) is 0 Å². The summed E-state index contributed by atoms with van der Waals surface area (Å²) in [5, 5.41) is 19.8. The molecule has 254 valence electrons. The maximum atomic E-state index is 11.9. The van der Waals surface area contributed by atoms with Gasteiger partial charge in [0.05, 0.1) is 20.3 Å². The largest absolute Gasteiger partial charge is 0.504 e. The summed E-state index contributed by atoms with van der Waals surface area (Å²) in [6, 6.07) is 5.12. The molecule has 0 spiro atoms. The van der Waals surface area contributed by atoms with Crippen LogP contribution in [0.5, 0.6) is 11.5 Å². The van der Waals surface area contributed by atoms with Crippen molar-refractivity contribution < 1.29 is 29.2 Å². The van der Waals surface area contributed by atoms with Crippen LogP contribution < -0.4 is 4.74 Å². The second-order valence-corrected chi connectivity index (χ2v) is 12.4. The average Bonchev–Trinajstić information content (AvgIpc) is 3.02. The number of ether oxygens (including phenoxy) is 3. The molecule has 1 rings (SSSR count). The van der Waals surface area contributed by atoms with E-state index in [1.165, 1.54) is 136 Å². The van der Waals surface area contributed by atoms with E-state index < -0.39 is 6.10 Å². The first-order chi connectivity index (χ1) is 21.6. The molecule has 6 heteroatoms. The van der Waals surface area contributed by atoms with Gasteiger partial charge in [-0.25, -0.2) is 0 Å². The Labute approximate surface area is 270 Å². The fourth-order valence-electron chi connectivity index (χ4n) is 5.45. The molecule has 0 aromatic heterocycles. The highest BCUT2D eigenvalue weighted by Gasteiger charge is 2.09. The number of unbranched alkanes of at least 4 members (excludes halogenated alkanes) is 21. The molecule has 0 aliphatic carbocycles. The van der Waals surface area contributed by atoms with Gasteiger partial charge in [0.2, 0.25) is 0 Å². The number of carbonyl (C=O) groups excluding carboxylic acids is 1. The number of hydrogen-bond acceptors (Lipinski definition) is 6. The van der Waals surface area contributed by atoms with Crippen molar-refractivity contribution in [3.8, 4) is 11.5 Å². The Hall–Kier alpha value is -2.05. The molecule has 1 aromatic carbocycles. The molecule has 44 heavy (non-hydrogen) atoms. The zero-order valence-electron chi connectivity index (χ0n) is 28.4. The quantitative estimate of drug-likeness (QED) is 0.0636. The molecule has 0 aliphatic rings. The van der Waals surface area contributed by atoms with Crippen molar-refractivity contribution in [3.05, 3.63) is 29.8 Å². The van der Waals surface area contributed by atoms with E-state index in [0.717, 1.165) is 18.4 Å². The number of methoxy groups -OCH3 is 1. The first kappa shape index (κ1) is 40.0. The van der Waals surface area contributed by atoms with Crippen LogP contribution in [0, 0.1) is 0 Å². The van der Waals surface area contributed by atoms with E-state index in [9.17, 15) is 15.0 Å². The number of carbonyl (C=O) groups is 1.